The number of alkyl halides is 1. The average molecular weight is 297 g/mol. The van der Waals surface area contributed by atoms with Crippen molar-refractivity contribution < 1.29 is 19.1 Å². The summed E-state index contributed by atoms with van der Waals surface area (Å²) in [5.41, 5.74) is -1.06. The smallest absolute Gasteiger partial charge is 0.343 e. The highest BCUT2D eigenvalue weighted by Gasteiger charge is 2.47. The molecule has 1 saturated heterocycles. The molecule has 2 aliphatic rings. The van der Waals surface area contributed by atoms with E-state index in [1.807, 2.05) is 6.07 Å². The van der Waals surface area contributed by atoms with Crippen LogP contribution in [0.3, 0.4) is 0 Å². The molecule has 1 amide bonds. The van der Waals surface area contributed by atoms with Crippen LogP contribution in [0, 0.1) is 0 Å². The molecule has 1 fully saturated rings. The number of fused-ring (bicyclic) bond motifs is 1. The Bertz CT molecular complexity index is 547. The molecule has 0 radical (unpaired) electrons. The first-order valence-electron chi connectivity index (χ1n) is 6.83. The third kappa shape index (κ3) is 2.22. The quantitative estimate of drug-likeness (QED) is 0.911. The van der Waals surface area contributed by atoms with Crippen molar-refractivity contribution in [3.8, 4) is 0 Å². The number of carbonyl (C=O) groups is 2. The number of likely N-dealkylation sites (tertiary alicyclic amines) is 1. The highest BCUT2D eigenvalue weighted by molar-refractivity contribution is 7.14. The first kappa shape index (κ1) is 13.5. The maximum Gasteiger partial charge on any atom is 0.343 e. The van der Waals surface area contributed by atoms with Crippen LogP contribution in [0.1, 0.15) is 39.4 Å². The molecule has 0 bridgehead atoms. The van der Waals surface area contributed by atoms with Crippen molar-refractivity contribution >= 4 is 23.2 Å². The Morgan fingerprint density at radius 2 is 2.10 bits per heavy atom. The summed E-state index contributed by atoms with van der Waals surface area (Å²) in [7, 11) is 0. The fourth-order valence-electron chi connectivity index (χ4n) is 2.87. The van der Waals surface area contributed by atoms with Gasteiger partial charge in [-0.15, -0.1) is 11.3 Å². The molecule has 1 aliphatic carbocycles. The molecule has 0 aromatic carbocycles. The van der Waals surface area contributed by atoms with E-state index in [0.717, 1.165) is 25.7 Å². The minimum atomic E-state index is -2.29. The van der Waals surface area contributed by atoms with Crippen LogP contribution >= 0.6 is 11.3 Å². The molecule has 1 aromatic heterocycles. The lowest BCUT2D eigenvalue weighted by molar-refractivity contribution is -0.149. The minimum absolute atomic E-state index is 0.126. The van der Waals surface area contributed by atoms with Crippen LogP contribution in [0.4, 0.5) is 4.39 Å². The minimum Gasteiger partial charge on any atom is -0.479 e. The third-order valence-electron chi connectivity index (χ3n) is 4.10. The first-order chi connectivity index (χ1) is 9.49. The van der Waals surface area contributed by atoms with Crippen molar-refractivity contribution in [1.29, 1.82) is 0 Å². The summed E-state index contributed by atoms with van der Waals surface area (Å²) in [5.74, 6) is -1.71. The number of aliphatic carboxylic acids is 1. The van der Waals surface area contributed by atoms with Gasteiger partial charge < -0.3 is 10.0 Å². The maximum atomic E-state index is 14.0. The van der Waals surface area contributed by atoms with Gasteiger partial charge in [0.2, 0.25) is 5.67 Å². The maximum absolute atomic E-state index is 14.0. The lowest BCUT2D eigenvalue weighted by Crippen LogP contribution is -2.38. The largest absolute Gasteiger partial charge is 0.479 e. The van der Waals surface area contributed by atoms with E-state index in [-0.39, 0.29) is 25.4 Å². The van der Waals surface area contributed by atoms with Gasteiger partial charge in [-0.1, -0.05) is 0 Å². The van der Waals surface area contributed by atoms with Gasteiger partial charge in [-0.2, -0.15) is 0 Å². The summed E-state index contributed by atoms with van der Waals surface area (Å²) in [6, 6.07) is 1.90. The molecule has 108 valence electrons. The number of aryl methyl sites for hydroxylation is 2. The van der Waals surface area contributed by atoms with E-state index >= 15 is 0 Å². The van der Waals surface area contributed by atoms with Crippen LogP contribution < -0.4 is 0 Å². The average Bonchev–Trinajstić information content (AvgIpc) is 3.02. The molecule has 6 heteroatoms. The molecule has 1 atom stereocenters. The second-order valence-corrected chi connectivity index (χ2v) is 6.65. The van der Waals surface area contributed by atoms with Gasteiger partial charge in [0.05, 0.1) is 11.4 Å². The fraction of sp³-hybridized carbons (Fsp3) is 0.571. The van der Waals surface area contributed by atoms with Gasteiger partial charge in [0.25, 0.3) is 5.91 Å². The summed E-state index contributed by atoms with van der Waals surface area (Å²) >= 11 is 1.48. The summed E-state index contributed by atoms with van der Waals surface area (Å²) in [5, 5.41) is 8.86. The van der Waals surface area contributed by atoms with Crippen LogP contribution in [0.2, 0.25) is 0 Å². The Balaban J connectivity index is 1.77. The van der Waals surface area contributed by atoms with Crippen LogP contribution in [0.25, 0.3) is 0 Å². The molecule has 1 aliphatic heterocycles. The van der Waals surface area contributed by atoms with Crippen molar-refractivity contribution in [1.82, 2.24) is 4.90 Å². The van der Waals surface area contributed by atoms with E-state index in [0.29, 0.717) is 4.88 Å². The molecule has 2 heterocycles. The van der Waals surface area contributed by atoms with Crippen molar-refractivity contribution in [2.24, 2.45) is 0 Å². The van der Waals surface area contributed by atoms with Gasteiger partial charge in [-0.3, -0.25) is 4.79 Å². The predicted octanol–water partition coefficient (Wildman–Crippen LogP) is 2.27. The van der Waals surface area contributed by atoms with Crippen molar-refractivity contribution in [2.75, 3.05) is 13.1 Å². The third-order valence-corrected chi connectivity index (χ3v) is 5.32. The lowest BCUT2D eigenvalue weighted by atomic mass is 9.99. The Morgan fingerprint density at radius 3 is 2.75 bits per heavy atom. The van der Waals surface area contributed by atoms with Crippen molar-refractivity contribution in [2.45, 2.75) is 37.8 Å². The molecule has 0 spiro atoms. The van der Waals surface area contributed by atoms with Gasteiger partial charge in [0.15, 0.2) is 0 Å². The zero-order valence-electron chi connectivity index (χ0n) is 11.0. The Kier molecular flexibility index (Phi) is 3.28. The molecular formula is C14H16FNO3S. The number of amides is 1. The monoisotopic (exact) mass is 297 g/mol. The van der Waals surface area contributed by atoms with Crippen LogP contribution in [0.5, 0.6) is 0 Å². The zero-order valence-corrected chi connectivity index (χ0v) is 11.8. The Morgan fingerprint density at radius 1 is 1.35 bits per heavy atom. The number of nitrogens with zero attached hydrogens (tertiary/aromatic N) is 1. The van der Waals surface area contributed by atoms with E-state index in [1.54, 1.807) is 0 Å². The molecule has 20 heavy (non-hydrogen) atoms. The van der Waals surface area contributed by atoms with E-state index < -0.39 is 11.6 Å². The number of carboxylic acid groups (broad SMARTS) is 1. The summed E-state index contributed by atoms with van der Waals surface area (Å²) in [6.45, 7) is -0.173. The molecule has 0 saturated carbocycles. The van der Waals surface area contributed by atoms with Gasteiger partial charge in [0, 0.05) is 17.8 Å². The standard InChI is InChI=1S/C14H16FNO3S/c15-14(13(18)19)5-6-16(8-14)12(17)11-7-9-3-1-2-4-10(9)20-11/h7H,1-6,8H2,(H,18,19). The Labute approximate surface area is 120 Å². The number of halogens is 1. The normalized spacial score (nSPS) is 25.6. The predicted molar refractivity (Wildman–Crippen MR) is 73.0 cm³/mol. The molecular weight excluding hydrogens is 281 g/mol. The second-order valence-electron chi connectivity index (χ2n) is 5.51. The lowest BCUT2D eigenvalue weighted by Gasteiger charge is -2.16. The highest BCUT2D eigenvalue weighted by Crippen LogP contribution is 2.32. The number of hydrogen-bond donors (Lipinski definition) is 1. The van der Waals surface area contributed by atoms with E-state index in [2.05, 4.69) is 0 Å². The van der Waals surface area contributed by atoms with Crippen molar-refractivity contribution in [3.63, 3.8) is 0 Å². The topological polar surface area (TPSA) is 57.6 Å². The molecule has 4 nitrogen and oxygen atoms in total. The number of thiophene rings is 1. The second kappa shape index (κ2) is 4.84. The van der Waals surface area contributed by atoms with E-state index in [4.69, 9.17) is 5.11 Å². The van der Waals surface area contributed by atoms with E-state index in [9.17, 15) is 14.0 Å². The van der Waals surface area contributed by atoms with Gasteiger partial charge in [-0.25, -0.2) is 9.18 Å². The zero-order chi connectivity index (χ0) is 14.3. The number of rotatable bonds is 2. The highest BCUT2D eigenvalue weighted by atomic mass is 32.1. The SMILES string of the molecule is O=C(c1cc2c(s1)CCCC2)N1CCC(F)(C(=O)O)C1. The first-order valence-corrected chi connectivity index (χ1v) is 7.64. The van der Waals surface area contributed by atoms with Crippen LogP contribution in [-0.2, 0) is 17.6 Å². The number of hydrogen-bond acceptors (Lipinski definition) is 3. The van der Waals surface area contributed by atoms with E-state index in [1.165, 1.54) is 26.7 Å². The molecule has 3 rings (SSSR count). The van der Waals surface area contributed by atoms with Gasteiger partial charge >= 0.3 is 5.97 Å². The molecule has 1 aromatic rings. The molecule has 1 unspecified atom stereocenters. The van der Waals surface area contributed by atoms with Crippen molar-refractivity contribution in [3.05, 3.63) is 21.4 Å². The molecule has 1 N–H and O–H groups in total. The Hall–Kier alpha value is -1.43. The summed E-state index contributed by atoms with van der Waals surface area (Å²) in [4.78, 5) is 26.4. The fourth-order valence-corrected chi connectivity index (χ4v) is 4.09. The van der Waals surface area contributed by atoms with Gasteiger partial charge in [-0.05, 0) is 37.3 Å². The number of carboxylic acids is 1. The van der Waals surface area contributed by atoms with Gasteiger partial charge in [0.1, 0.15) is 0 Å². The van der Waals surface area contributed by atoms with Crippen LogP contribution in [0.15, 0.2) is 6.07 Å². The summed E-state index contributed by atoms with van der Waals surface area (Å²) in [6.07, 6.45) is 4.18. The number of carbonyl (C=O) groups excluding carboxylic acids is 1. The summed E-state index contributed by atoms with van der Waals surface area (Å²) < 4.78 is 14.0. The van der Waals surface area contributed by atoms with Crippen LogP contribution in [-0.4, -0.2) is 40.6 Å².